The maximum atomic E-state index is 11.9. The van der Waals surface area contributed by atoms with Gasteiger partial charge in [0.2, 0.25) is 5.91 Å². The molecule has 4 heteroatoms. The van der Waals surface area contributed by atoms with Gasteiger partial charge >= 0.3 is 0 Å². The van der Waals surface area contributed by atoms with Gasteiger partial charge in [0, 0.05) is 16.8 Å². The molecule has 104 valence electrons. The quantitative estimate of drug-likeness (QED) is 0.887. The maximum absolute atomic E-state index is 11.9. The van der Waals surface area contributed by atoms with Gasteiger partial charge in [0.15, 0.2) is 0 Å². The van der Waals surface area contributed by atoms with Gasteiger partial charge in [-0.2, -0.15) is 0 Å². The van der Waals surface area contributed by atoms with Crippen LogP contribution in [0.4, 0.5) is 5.69 Å². The van der Waals surface area contributed by atoms with Gasteiger partial charge in [0.05, 0.1) is 6.54 Å². The lowest BCUT2D eigenvalue weighted by molar-refractivity contribution is -0.120. The molecule has 3 nitrogen and oxygen atoms in total. The number of carbonyl (C=O) groups excluding carboxylic acids is 1. The largest absolute Gasteiger partial charge is 0.376 e. The Labute approximate surface area is 119 Å². The smallest absolute Gasteiger partial charge is 0.239 e. The summed E-state index contributed by atoms with van der Waals surface area (Å²) in [6.45, 7) is 2.51. The minimum absolute atomic E-state index is 0.0544. The number of amides is 1. The standard InChI is InChI=1S/C15H21ClN2O/c1-11-5-2-3-8-14(11)18-15(19)10-17-13-7-4-6-12(16)9-13/h4,6-7,9,11,14,17H,2-3,5,8,10H2,1H3,(H,18,19). The van der Waals surface area contributed by atoms with Crippen LogP contribution in [0.5, 0.6) is 0 Å². The Morgan fingerprint density at radius 2 is 2.16 bits per heavy atom. The second-order valence-corrected chi connectivity index (χ2v) is 5.74. The first kappa shape index (κ1) is 14.2. The Morgan fingerprint density at radius 3 is 2.89 bits per heavy atom. The molecule has 0 aliphatic heterocycles. The molecular formula is C15H21ClN2O. The van der Waals surface area contributed by atoms with E-state index in [-0.39, 0.29) is 5.91 Å². The molecule has 1 aromatic rings. The van der Waals surface area contributed by atoms with Gasteiger partial charge in [-0.25, -0.2) is 0 Å². The van der Waals surface area contributed by atoms with Crippen LogP contribution in [0.15, 0.2) is 24.3 Å². The topological polar surface area (TPSA) is 41.1 Å². The van der Waals surface area contributed by atoms with Gasteiger partial charge in [-0.3, -0.25) is 4.79 Å². The summed E-state index contributed by atoms with van der Waals surface area (Å²) in [6.07, 6.45) is 4.82. The van der Waals surface area contributed by atoms with Crippen molar-refractivity contribution in [2.75, 3.05) is 11.9 Å². The van der Waals surface area contributed by atoms with Crippen molar-refractivity contribution < 1.29 is 4.79 Å². The van der Waals surface area contributed by atoms with Crippen LogP contribution in [0.1, 0.15) is 32.6 Å². The highest BCUT2D eigenvalue weighted by molar-refractivity contribution is 6.30. The molecule has 0 heterocycles. The van der Waals surface area contributed by atoms with Crippen LogP contribution in [0, 0.1) is 5.92 Å². The maximum Gasteiger partial charge on any atom is 0.239 e. The summed E-state index contributed by atoms with van der Waals surface area (Å²) < 4.78 is 0. The predicted octanol–water partition coefficient (Wildman–Crippen LogP) is 3.45. The van der Waals surface area contributed by atoms with Gasteiger partial charge in [0.1, 0.15) is 0 Å². The lowest BCUT2D eigenvalue weighted by Gasteiger charge is -2.29. The molecule has 0 aromatic heterocycles. The van der Waals surface area contributed by atoms with E-state index in [9.17, 15) is 4.79 Å². The molecule has 2 unspecified atom stereocenters. The molecule has 2 rings (SSSR count). The second kappa shape index (κ2) is 6.80. The summed E-state index contributed by atoms with van der Waals surface area (Å²) in [5, 5.41) is 6.88. The van der Waals surface area contributed by atoms with E-state index in [1.807, 2.05) is 24.3 Å². The summed E-state index contributed by atoms with van der Waals surface area (Å²) in [5.41, 5.74) is 0.874. The van der Waals surface area contributed by atoms with Crippen molar-refractivity contribution in [2.24, 2.45) is 5.92 Å². The molecule has 0 spiro atoms. The van der Waals surface area contributed by atoms with Crippen LogP contribution in [0.25, 0.3) is 0 Å². The highest BCUT2D eigenvalue weighted by Gasteiger charge is 2.22. The molecule has 0 radical (unpaired) electrons. The molecule has 2 N–H and O–H groups in total. The van der Waals surface area contributed by atoms with E-state index in [1.54, 1.807) is 0 Å². The Kier molecular flexibility index (Phi) is 5.08. The van der Waals surface area contributed by atoms with Crippen LogP contribution in [0.2, 0.25) is 5.02 Å². The number of hydrogen-bond donors (Lipinski definition) is 2. The van der Waals surface area contributed by atoms with E-state index in [0.29, 0.717) is 23.5 Å². The van der Waals surface area contributed by atoms with Crippen LogP contribution < -0.4 is 10.6 Å². The van der Waals surface area contributed by atoms with E-state index in [1.165, 1.54) is 19.3 Å². The fraction of sp³-hybridized carbons (Fsp3) is 0.533. The lowest BCUT2D eigenvalue weighted by atomic mass is 9.86. The van der Waals surface area contributed by atoms with E-state index in [0.717, 1.165) is 12.1 Å². The number of carbonyl (C=O) groups is 1. The zero-order chi connectivity index (χ0) is 13.7. The molecule has 1 amide bonds. The Hall–Kier alpha value is -1.22. The van der Waals surface area contributed by atoms with Crippen molar-refractivity contribution in [3.05, 3.63) is 29.3 Å². The third kappa shape index (κ3) is 4.43. The first-order valence-corrected chi connectivity index (χ1v) is 7.32. The van der Waals surface area contributed by atoms with Crippen LogP contribution in [-0.4, -0.2) is 18.5 Å². The predicted molar refractivity (Wildman–Crippen MR) is 79.5 cm³/mol. The molecule has 1 aromatic carbocycles. The van der Waals surface area contributed by atoms with E-state index >= 15 is 0 Å². The summed E-state index contributed by atoms with van der Waals surface area (Å²) >= 11 is 5.89. The fourth-order valence-electron chi connectivity index (χ4n) is 2.57. The minimum atomic E-state index is 0.0544. The fourth-order valence-corrected chi connectivity index (χ4v) is 2.76. The summed E-state index contributed by atoms with van der Waals surface area (Å²) in [7, 11) is 0. The normalized spacial score (nSPS) is 22.8. The molecule has 19 heavy (non-hydrogen) atoms. The van der Waals surface area contributed by atoms with Crippen LogP contribution in [0.3, 0.4) is 0 Å². The van der Waals surface area contributed by atoms with Crippen molar-refractivity contribution in [2.45, 2.75) is 38.6 Å². The van der Waals surface area contributed by atoms with Crippen LogP contribution in [-0.2, 0) is 4.79 Å². The minimum Gasteiger partial charge on any atom is -0.376 e. The van der Waals surface area contributed by atoms with Crippen LogP contribution >= 0.6 is 11.6 Å². The zero-order valence-corrected chi connectivity index (χ0v) is 12.0. The highest BCUT2D eigenvalue weighted by atomic mass is 35.5. The Morgan fingerprint density at radius 1 is 1.37 bits per heavy atom. The SMILES string of the molecule is CC1CCCCC1NC(=O)CNc1cccc(Cl)c1. The summed E-state index contributed by atoms with van der Waals surface area (Å²) in [5.74, 6) is 0.641. The molecule has 0 bridgehead atoms. The Balaban J connectivity index is 1.78. The molecule has 0 saturated heterocycles. The Bertz CT molecular complexity index is 436. The summed E-state index contributed by atoms with van der Waals surface area (Å²) in [6, 6.07) is 7.74. The summed E-state index contributed by atoms with van der Waals surface area (Å²) in [4.78, 5) is 11.9. The molecule has 1 saturated carbocycles. The van der Waals surface area contributed by atoms with Crippen molar-refractivity contribution in [3.8, 4) is 0 Å². The number of anilines is 1. The number of halogens is 1. The number of nitrogens with one attached hydrogen (secondary N) is 2. The number of hydrogen-bond acceptors (Lipinski definition) is 2. The van der Waals surface area contributed by atoms with Gasteiger partial charge in [0.25, 0.3) is 0 Å². The average Bonchev–Trinajstić information content (AvgIpc) is 2.39. The third-order valence-corrected chi connectivity index (χ3v) is 3.97. The lowest BCUT2D eigenvalue weighted by Crippen LogP contribution is -2.43. The van der Waals surface area contributed by atoms with Crippen molar-refractivity contribution in [1.82, 2.24) is 5.32 Å². The highest BCUT2D eigenvalue weighted by Crippen LogP contribution is 2.23. The van der Waals surface area contributed by atoms with E-state index in [2.05, 4.69) is 17.6 Å². The van der Waals surface area contributed by atoms with Crippen molar-refractivity contribution in [1.29, 1.82) is 0 Å². The first-order valence-electron chi connectivity index (χ1n) is 6.94. The third-order valence-electron chi connectivity index (χ3n) is 3.74. The number of benzene rings is 1. The van der Waals surface area contributed by atoms with E-state index in [4.69, 9.17) is 11.6 Å². The molecule has 1 fully saturated rings. The number of rotatable bonds is 4. The van der Waals surface area contributed by atoms with E-state index < -0.39 is 0 Å². The monoisotopic (exact) mass is 280 g/mol. The van der Waals surface area contributed by atoms with Gasteiger partial charge in [-0.05, 0) is 37.0 Å². The zero-order valence-electron chi connectivity index (χ0n) is 11.3. The average molecular weight is 281 g/mol. The molecule has 1 aliphatic rings. The van der Waals surface area contributed by atoms with Crippen molar-refractivity contribution >= 4 is 23.2 Å². The molecular weight excluding hydrogens is 260 g/mol. The molecule has 2 atom stereocenters. The molecule has 1 aliphatic carbocycles. The van der Waals surface area contributed by atoms with Gasteiger partial charge in [-0.15, -0.1) is 0 Å². The van der Waals surface area contributed by atoms with Crippen molar-refractivity contribution in [3.63, 3.8) is 0 Å². The van der Waals surface area contributed by atoms with Gasteiger partial charge < -0.3 is 10.6 Å². The first-order chi connectivity index (χ1) is 9.15. The van der Waals surface area contributed by atoms with Gasteiger partial charge in [-0.1, -0.05) is 37.4 Å². The second-order valence-electron chi connectivity index (χ2n) is 5.30.